The molecule has 0 aliphatic heterocycles. The quantitative estimate of drug-likeness (QED) is 0.0441. The van der Waals surface area contributed by atoms with E-state index >= 15 is 0 Å². The first-order chi connectivity index (χ1) is 39.7. The van der Waals surface area contributed by atoms with E-state index in [4.69, 9.17) is 10.2 Å². The number of hydrogen-bond donors (Lipinski definition) is 1. The van der Waals surface area contributed by atoms with Crippen LogP contribution in [0.4, 0.5) is 0 Å². The number of unbranched alkanes of at least 4 members (excludes halogenated alkanes) is 20. The number of phenolic OH excluding ortho intramolecular Hbond substituents is 1. The lowest BCUT2D eigenvalue weighted by Gasteiger charge is -2.33. The van der Waals surface area contributed by atoms with E-state index in [1.165, 1.54) is 235 Å². The maximum atomic E-state index is 12.5. The van der Waals surface area contributed by atoms with Gasteiger partial charge in [-0.15, -0.1) is 15.0 Å². The van der Waals surface area contributed by atoms with E-state index in [0.717, 1.165) is 33.3 Å². The topological polar surface area (TPSA) is 50.9 Å². The van der Waals surface area contributed by atoms with E-state index in [1.54, 1.807) is 4.80 Å². The highest BCUT2D eigenvalue weighted by atomic mass is 16.3. The molecule has 0 spiro atoms. The Morgan fingerprint density at radius 1 is 0.366 bits per heavy atom. The van der Waals surface area contributed by atoms with Crippen LogP contribution in [0.25, 0.3) is 61.2 Å². The van der Waals surface area contributed by atoms with Crippen molar-refractivity contribution in [1.82, 2.24) is 15.0 Å². The predicted molar refractivity (Wildman–Crippen MR) is 353 cm³/mol. The van der Waals surface area contributed by atoms with Crippen LogP contribution in [0.1, 0.15) is 282 Å². The maximum Gasteiger partial charge on any atom is 0.146 e. The van der Waals surface area contributed by atoms with E-state index in [1.807, 2.05) is 0 Å². The Morgan fingerprint density at radius 3 is 1.07 bits per heavy atom. The largest absolute Gasteiger partial charge is 0.505 e. The van der Waals surface area contributed by atoms with Crippen molar-refractivity contribution in [1.29, 1.82) is 0 Å². The third-order valence-corrected chi connectivity index (χ3v) is 19.5. The molecule has 0 amide bonds. The van der Waals surface area contributed by atoms with Crippen molar-refractivity contribution in [2.75, 3.05) is 0 Å². The summed E-state index contributed by atoms with van der Waals surface area (Å²) < 4.78 is 0. The lowest BCUT2D eigenvalue weighted by molar-refractivity contribution is 0.398. The van der Waals surface area contributed by atoms with Gasteiger partial charge in [-0.05, 0) is 116 Å². The number of aromatic nitrogens is 3. The fraction of sp³-hybridized carbons (Fsp3) is 0.538. The first kappa shape index (κ1) is 61.1. The average Bonchev–Trinajstić information content (AvgIpc) is 4.26. The maximum absolute atomic E-state index is 12.5. The molecule has 1 heterocycles. The summed E-state index contributed by atoms with van der Waals surface area (Å²) >= 11 is 0. The smallest absolute Gasteiger partial charge is 0.146 e. The summed E-state index contributed by atoms with van der Waals surface area (Å²) in [6.45, 7) is 22.6. The molecule has 9 rings (SSSR count). The Balaban J connectivity index is 1.22. The van der Waals surface area contributed by atoms with Crippen LogP contribution in [-0.4, -0.2) is 20.1 Å². The van der Waals surface area contributed by atoms with Gasteiger partial charge in [0.2, 0.25) is 0 Å². The summed E-state index contributed by atoms with van der Waals surface area (Å²) in [5.41, 5.74) is 20.1. The van der Waals surface area contributed by atoms with Gasteiger partial charge in [-0.2, -0.15) is 0 Å². The van der Waals surface area contributed by atoms with Gasteiger partial charge >= 0.3 is 0 Å². The van der Waals surface area contributed by atoms with Gasteiger partial charge in [0.25, 0.3) is 0 Å². The van der Waals surface area contributed by atoms with Crippen molar-refractivity contribution in [3.8, 4) is 55.9 Å². The van der Waals surface area contributed by atoms with Crippen molar-refractivity contribution in [2.45, 2.75) is 271 Å². The number of aromatic hydroxyl groups is 1. The summed E-state index contributed by atoms with van der Waals surface area (Å²) in [5, 5.41) is 23.7. The number of fused-ring (bicyclic) bond motifs is 7. The second-order valence-electron chi connectivity index (χ2n) is 27.6. The van der Waals surface area contributed by atoms with Crippen molar-refractivity contribution >= 4 is 11.0 Å². The molecule has 0 bridgehead atoms. The zero-order valence-corrected chi connectivity index (χ0v) is 53.0. The van der Waals surface area contributed by atoms with E-state index in [2.05, 4.69) is 178 Å². The minimum absolute atomic E-state index is 0.0455. The highest BCUT2D eigenvalue weighted by Gasteiger charge is 2.44. The summed E-state index contributed by atoms with van der Waals surface area (Å²) in [4.78, 5) is 1.78. The van der Waals surface area contributed by atoms with Gasteiger partial charge in [0.15, 0.2) is 0 Å². The fourth-order valence-electron chi connectivity index (χ4n) is 14.7. The molecule has 2 aliphatic carbocycles. The molecular formula is C78H105N3O. The van der Waals surface area contributed by atoms with Gasteiger partial charge in [-0.25, -0.2) is 0 Å². The molecule has 0 atom stereocenters. The van der Waals surface area contributed by atoms with Crippen LogP contribution in [0, 0.1) is 0 Å². The van der Waals surface area contributed by atoms with Gasteiger partial charge < -0.3 is 5.11 Å². The van der Waals surface area contributed by atoms with Crippen LogP contribution in [0.3, 0.4) is 0 Å². The van der Waals surface area contributed by atoms with Crippen LogP contribution < -0.4 is 0 Å². The van der Waals surface area contributed by atoms with Crippen molar-refractivity contribution in [2.24, 2.45) is 0 Å². The number of rotatable bonds is 31. The molecule has 82 heavy (non-hydrogen) atoms. The Labute approximate surface area is 497 Å². The molecule has 6 aromatic carbocycles. The van der Waals surface area contributed by atoms with E-state index in [9.17, 15) is 5.11 Å². The van der Waals surface area contributed by atoms with E-state index in [-0.39, 0.29) is 27.4 Å². The van der Waals surface area contributed by atoms with Gasteiger partial charge in [0.1, 0.15) is 22.5 Å². The predicted octanol–water partition coefficient (Wildman–Crippen LogP) is 23.6. The van der Waals surface area contributed by atoms with E-state index < -0.39 is 0 Å². The molecule has 1 N–H and O–H groups in total. The second-order valence-corrected chi connectivity index (χ2v) is 27.6. The Bertz CT molecular complexity index is 3000. The van der Waals surface area contributed by atoms with Crippen LogP contribution >= 0.6 is 0 Å². The Morgan fingerprint density at radius 2 is 0.707 bits per heavy atom. The Kier molecular flexibility index (Phi) is 20.5. The number of nitrogens with zero attached hydrogens (tertiary/aromatic N) is 3. The number of benzene rings is 6. The third kappa shape index (κ3) is 13.1. The van der Waals surface area contributed by atoms with Crippen LogP contribution in [0.15, 0.2) is 109 Å². The molecule has 2 aliphatic rings. The molecular weight excluding hydrogens is 995 g/mol. The zero-order chi connectivity index (χ0) is 57.9. The summed E-state index contributed by atoms with van der Waals surface area (Å²) in [6.07, 6.45) is 35.8. The first-order valence-corrected chi connectivity index (χ1v) is 33.5. The average molecular weight is 1100 g/mol. The van der Waals surface area contributed by atoms with Gasteiger partial charge in [0.05, 0.1) is 0 Å². The normalized spacial score (nSPS) is 14.1. The SMILES string of the molecule is CCCCCCCCC1(CCCCCCCC)c2ccccc2-c2ccc(-c3ccc(-c4ccc5c(c4)C(CCCCCCCC)(CCCCCCCC)c4ccccc4-5)c4nn(-c5cc(C(C)(C)C)cc(C(C)(C)C)c5O)nc34)cc21. The van der Waals surface area contributed by atoms with Crippen LogP contribution in [-0.2, 0) is 21.7 Å². The molecule has 0 unspecified atom stereocenters. The monoisotopic (exact) mass is 1100 g/mol. The standard InChI is InChI=1S/C78H105N3O/c1-11-15-19-23-27-35-49-77(50-36-28-24-20-16-12-2)66-41-33-31-39-62(66)64-45-43-57(53-68(64)77)60-47-48-61(73-72(60)79-81(80-73)71-56-59(75(5,6)7)55-70(74(71)82)76(8,9)10)58-44-46-65-63-40-32-34-42-67(63)78(69(65)54-58,51-37-29-25-21-17-13-3)52-38-30-26-22-18-14-4/h31-34,39-48,53-56,82H,11-30,35-38,49-52H2,1-10H3. The lowest BCUT2D eigenvalue weighted by atomic mass is 9.70. The zero-order valence-electron chi connectivity index (χ0n) is 53.0. The first-order valence-electron chi connectivity index (χ1n) is 33.5. The third-order valence-electron chi connectivity index (χ3n) is 19.5. The van der Waals surface area contributed by atoms with Crippen molar-refractivity contribution in [3.05, 3.63) is 143 Å². The van der Waals surface area contributed by atoms with Crippen LogP contribution in [0.5, 0.6) is 5.75 Å². The minimum atomic E-state index is -0.304. The fourth-order valence-corrected chi connectivity index (χ4v) is 14.7. The minimum Gasteiger partial charge on any atom is -0.505 e. The highest BCUT2D eigenvalue weighted by molar-refractivity contribution is 6.02. The molecule has 0 saturated carbocycles. The Hall–Kier alpha value is -5.48. The van der Waals surface area contributed by atoms with Crippen molar-refractivity contribution in [3.63, 3.8) is 0 Å². The number of hydrogen-bond acceptors (Lipinski definition) is 3. The molecule has 4 nitrogen and oxygen atoms in total. The molecule has 7 aromatic rings. The van der Waals surface area contributed by atoms with Gasteiger partial charge in [0, 0.05) is 27.5 Å². The lowest BCUT2D eigenvalue weighted by Crippen LogP contribution is -2.25. The molecule has 0 fully saturated rings. The van der Waals surface area contributed by atoms with Gasteiger partial charge in [-0.3, -0.25) is 0 Å². The molecule has 438 valence electrons. The summed E-state index contributed by atoms with van der Waals surface area (Å²) in [7, 11) is 0. The van der Waals surface area contributed by atoms with E-state index in [0.29, 0.717) is 5.69 Å². The highest BCUT2D eigenvalue weighted by Crippen LogP contribution is 2.57. The van der Waals surface area contributed by atoms with Crippen LogP contribution in [0.2, 0.25) is 0 Å². The molecule has 1 aromatic heterocycles. The molecule has 0 radical (unpaired) electrons. The summed E-state index contributed by atoms with van der Waals surface area (Å²) in [6, 6.07) is 42.7. The number of phenols is 1. The summed E-state index contributed by atoms with van der Waals surface area (Å²) in [5.74, 6) is 0.248. The second kappa shape index (κ2) is 27.5. The molecule has 0 saturated heterocycles. The molecule has 4 heteroatoms. The van der Waals surface area contributed by atoms with Gasteiger partial charge in [-0.1, -0.05) is 314 Å². The van der Waals surface area contributed by atoms with Crippen molar-refractivity contribution < 1.29 is 5.11 Å².